The molecule has 0 amide bonds. The van der Waals surface area contributed by atoms with Crippen LogP contribution in [-0.4, -0.2) is 45.8 Å². The van der Waals surface area contributed by atoms with Gasteiger partial charge in [0.1, 0.15) is 0 Å². The number of ether oxygens (including phenoxy) is 2. The molecule has 6 nitrogen and oxygen atoms in total. The lowest BCUT2D eigenvalue weighted by Gasteiger charge is -2.11. The minimum Gasteiger partial charge on any atom is -0.462 e. The van der Waals surface area contributed by atoms with E-state index in [1.165, 1.54) is 0 Å². The van der Waals surface area contributed by atoms with Crippen molar-refractivity contribution < 1.29 is 14.3 Å². The Morgan fingerprint density at radius 1 is 1.24 bits per heavy atom. The van der Waals surface area contributed by atoms with Crippen LogP contribution < -0.4 is 10.6 Å². The number of hydrogen-bond donors (Lipinski definition) is 2. The number of esters is 1. The Labute approximate surface area is 125 Å². The molecule has 21 heavy (non-hydrogen) atoms. The number of nitrogens with zero attached hydrogens (tertiary/aromatic N) is 1. The van der Waals surface area contributed by atoms with Gasteiger partial charge in [-0.05, 0) is 24.6 Å². The maximum absolute atomic E-state index is 11.5. The Balaban J connectivity index is 2.46. The van der Waals surface area contributed by atoms with Crippen molar-refractivity contribution in [3.8, 4) is 0 Å². The Morgan fingerprint density at radius 3 is 2.52 bits per heavy atom. The fourth-order valence-corrected chi connectivity index (χ4v) is 1.65. The van der Waals surface area contributed by atoms with E-state index in [2.05, 4.69) is 15.6 Å². The average Bonchev–Trinajstić information content (AvgIpc) is 2.51. The van der Waals surface area contributed by atoms with Crippen LogP contribution in [0.5, 0.6) is 0 Å². The highest BCUT2D eigenvalue weighted by atomic mass is 16.5. The van der Waals surface area contributed by atoms with Crippen molar-refractivity contribution in [2.24, 2.45) is 4.99 Å². The van der Waals surface area contributed by atoms with E-state index in [0.29, 0.717) is 37.8 Å². The summed E-state index contributed by atoms with van der Waals surface area (Å²) >= 11 is 0. The molecule has 0 fully saturated rings. The Kier molecular flexibility index (Phi) is 7.89. The van der Waals surface area contributed by atoms with Gasteiger partial charge in [0.15, 0.2) is 5.96 Å². The van der Waals surface area contributed by atoms with Crippen molar-refractivity contribution in [3.63, 3.8) is 0 Å². The van der Waals surface area contributed by atoms with Crippen LogP contribution in [0.3, 0.4) is 0 Å². The molecule has 1 rings (SSSR count). The third-order valence-electron chi connectivity index (χ3n) is 2.75. The van der Waals surface area contributed by atoms with Gasteiger partial charge in [-0.15, -0.1) is 0 Å². The molecule has 0 saturated heterocycles. The zero-order valence-electron chi connectivity index (χ0n) is 12.8. The van der Waals surface area contributed by atoms with E-state index >= 15 is 0 Å². The van der Waals surface area contributed by atoms with E-state index in [0.717, 1.165) is 5.56 Å². The Hall–Kier alpha value is -2.08. The van der Waals surface area contributed by atoms with Gasteiger partial charge in [0, 0.05) is 27.2 Å². The molecule has 0 aromatic heterocycles. The number of hydrogen-bond acceptors (Lipinski definition) is 4. The van der Waals surface area contributed by atoms with Crippen molar-refractivity contribution in [3.05, 3.63) is 35.4 Å². The molecule has 6 heteroatoms. The molecule has 0 aliphatic rings. The molecule has 116 valence electrons. The molecule has 0 atom stereocenters. The van der Waals surface area contributed by atoms with E-state index in [4.69, 9.17) is 9.47 Å². The van der Waals surface area contributed by atoms with E-state index in [1.807, 2.05) is 12.1 Å². The van der Waals surface area contributed by atoms with Crippen molar-refractivity contribution in [1.82, 2.24) is 10.6 Å². The predicted molar refractivity (Wildman–Crippen MR) is 82.5 cm³/mol. The second-order valence-electron chi connectivity index (χ2n) is 4.26. The number of methoxy groups -OCH3 is 1. The minimum absolute atomic E-state index is 0.297. The van der Waals surface area contributed by atoms with Gasteiger partial charge in [0.05, 0.1) is 18.8 Å². The van der Waals surface area contributed by atoms with Gasteiger partial charge in [0.25, 0.3) is 0 Å². The normalized spacial score (nSPS) is 11.1. The lowest BCUT2D eigenvalue weighted by molar-refractivity contribution is 0.0526. The fourth-order valence-electron chi connectivity index (χ4n) is 1.65. The first-order valence-corrected chi connectivity index (χ1v) is 6.90. The zero-order chi connectivity index (χ0) is 15.5. The molecule has 0 radical (unpaired) electrons. The van der Waals surface area contributed by atoms with Crippen LogP contribution in [0.4, 0.5) is 0 Å². The second kappa shape index (κ2) is 9.77. The summed E-state index contributed by atoms with van der Waals surface area (Å²) in [5.74, 6) is 0.413. The number of aliphatic imine (C=N–C) groups is 1. The molecular weight excluding hydrogens is 270 g/mol. The monoisotopic (exact) mass is 293 g/mol. The lowest BCUT2D eigenvalue weighted by Crippen LogP contribution is -2.38. The van der Waals surface area contributed by atoms with E-state index in [9.17, 15) is 4.79 Å². The maximum Gasteiger partial charge on any atom is 0.338 e. The largest absolute Gasteiger partial charge is 0.462 e. The molecule has 1 aromatic carbocycles. The molecule has 0 heterocycles. The van der Waals surface area contributed by atoms with Gasteiger partial charge in [-0.3, -0.25) is 4.99 Å². The topological polar surface area (TPSA) is 72.0 Å². The van der Waals surface area contributed by atoms with Crippen molar-refractivity contribution in [2.45, 2.75) is 13.5 Å². The van der Waals surface area contributed by atoms with E-state index in [1.54, 1.807) is 33.2 Å². The highest BCUT2D eigenvalue weighted by Gasteiger charge is 2.05. The highest BCUT2D eigenvalue weighted by Crippen LogP contribution is 2.05. The molecule has 0 aliphatic carbocycles. The van der Waals surface area contributed by atoms with Gasteiger partial charge >= 0.3 is 5.97 Å². The summed E-state index contributed by atoms with van der Waals surface area (Å²) in [6.07, 6.45) is 0. The van der Waals surface area contributed by atoms with Gasteiger partial charge in [-0.25, -0.2) is 4.79 Å². The number of benzene rings is 1. The molecule has 2 N–H and O–H groups in total. The predicted octanol–water partition coefficient (Wildman–Crippen LogP) is 1.17. The summed E-state index contributed by atoms with van der Waals surface area (Å²) in [7, 11) is 3.37. The maximum atomic E-state index is 11.5. The molecule has 0 unspecified atom stereocenters. The smallest absolute Gasteiger partial charge is 0.338 e. The van der Waals surface area contributed by atoms with Gasteiger partial charge < -0.3 is 20.1 Å². The SMILES string of the molecule is CCOC(=O)c1ccc(CNC(=NC)NCCOC)cc1. The summed E-state index contributed by atoms with van der Waals surface area (Å²) in [6.45, 7) is 4.10. The van der Waals surface area contributed by atoms with Crippen LogP contribution in [0.25, 0.3) is 0 Å². The fraction of sp³-hybridized carbons (Fsp3) is 0.467. The van der Waals surface area contributed by atoms with Crippen LogP contribution in [-0.2, 0) is 16.0 Å². The molecule has 0 saturated carbocycles. The molecule has 1 aromatic rings. The van der Waals surface area contributed by atoms with Crippen LogP contribution in [0.1, 0.15) is 22.8 Å². The first-order valence-electron chi connectivity index (χ1n) is 6.90. The van der Waals surface area contributed by atoms with Crippen LogP contribution in [0.15, 0.2) is 29.3 Å². The Bertz CT molecular complexity index is 458. The van der Waals surface area contributed by atoms with Gasteiger partial charge in [-0.1, -0.05) is 12.1 Å². The molecular formula is C15H23N3O3. The number of guanidine groups is 1. The number of rotatable bonds is 7. The number of carbonyl (C=O) groups is 1. The van der Waals surface area contributed by atoms with Gasteiger partial charge in [0.2, 0.25) is 0 Å². The third kappa shape index (κ3) is 6.27. The summed E-state index contributed by atoms with van der Waals surface area (Å²) in [5, 5.41) is 6.31. The van der Waals surface area contributed by atoms with Gasteiger partial charge in [-0.2, -0.15) is 0 Å². The first-order chi connectivity index (χ1) is 10.2. The Morgan fingerprint density at radius 2 is 1.95 bits per heavy atom. The molecule has 0 bridgehead atoms. The summed E-state index contributed by atoms with van der Waals surface area (Å²) in [6, 6.07) is 7.30. The standard InChI is InChI=1S/C15H23N3O3/c1-4-21-14(19)13-7-5-12(6-8-13)11-18-15(16-2)17-9-10-20-3/h5-8H,4,9-11H2,1-3H3,(H2,16,17,18). The second-order valence-corrected chi connectivity index (χ2v) is 4.26. The van der Waals surface area contributed by atoms with E-state index < -0.39 is 0 Å². The summed E-state index contributed by atoms with van der Waals surface area (Å²) < 4.78 is 9.91. The van der Waals surface area contributed by atoms with Crippen molar-refractivity contribution >= 4 is 11.9 Å². The van der Waals surface area contributed by atoms with Crippen LogP contribution >= 0.6 is 0 Å². The number of nitrogens with one attached hydrogen (secondary N) is 2. The lowest BCUT2D eigenvalue weighted by atomic mass is 10.1. The average molecular weight is 293 g/mol. The summed E-state index contributed by atoms with van der Waals surface area (Å²) in [4.78, 5) is 15.6. The van der Waals surface area contributed by atoms with E-state index in [-0.39, 0.29) is 5.97 Å². The highest BCUT2D eigenvalue weighted by molar-refractivity contribution is 5.89. The van der Waals surface area contributed by atoms with Crippen molar-refractivity contribution in [2.75, 3.05) is 33.9 Å². The summed E-state index contributed by atoms with van der Waals surface area (Å²) in [5.41, 5.74) is 1.61. The first kappa shape index (κ1) is 17.0. The third-order valence-corrected chi connectivity index (χ3v) is 2.75. The zero-order valence-corrected chi connectivity index (χ0v) is 12.8. The number of carbonyl (C=O) groups excluding carboxylic acids is 1. The molecule has 0 aliphatic heterocycles. The molecule has 0 spiro atoms. The quantitative estimate of drug-likeness (QED) is 0.342. The van der Waals surface area contributed by atoms with Crippen LogP contribution in [0.2, 0.25) is 0 Å². The minimum atomic E-state index is -0.297. The van der Waals surface area contributed by atoms with Crippen molar-refractivity contribution in [1.29, 1.82) is 0 Å². The van der Waals surface area contributed by atoms with Crippen LogP contribution in [0, 0.1) is 0 Å².